The first-order valence-corrected chi connectivity index (χ1v) is 10.0. The van der Waals surface area contributed by atoms with Crippen molar-refractivity contribution >= 4 is 11.8 Å². The maximum absolute atomic E-state index is 14.0. The van der Waals surface area contributed by atoms with Crippen LogP contribution in [0.25, 0.3) is 11.1 Å². The molecule has 1 aliphatic rings. The van der Waals surface area contributed by atoms with Crippen molar-refractivity contribution in [3.05, 3.63) is 59.9 Å². The van der Waals surface area contributed by atoms with Gasteiger partial charge in [0.15, 0.2) is 0 Å². The average molecular weight is 398 g/mol. The number of nitrogens with zero attached hydrogens (tertiary/aromatic N) is 2. The van der Waals surface area contributed by atoms with Crippen LogP contribution in [0.4, 0.5) is 4.39 Å². The van der Waals surface area contributed by atoms with E-state index in [1.807, 2.05) is 36.1 Å². The van der Waals surface area contributed by atoms with Crippen molar-refractivity contribution in [2.75, 3.05) is 32.8 Å². The first kappa shape index (κ1) is 21.0. The van der Waals surface area contributed by atoms with Gasteiger partial charge in [-0.15, -0.1) is 0 Å². The van der Waals surface area contributed by atoms with E-state index in [-0.39, 0.29) is 23.5 Å². The van der Waals surface area contributed by atoms with Crippen LogP contribution in [0.3, 0.4) is 0 Å². The lowest BCUT2D eigenvalue weighted by molar-refractivity contribution is -0.135. The lowest BCUT2D eigenvalue weighted by Crippen LogP contribution is -2.39. The van der Waals surface area contributed by atoms with E-state index in [9.17, 15) is 19.1 Å². The molecular weight excluding hydrogens is 371 g/mol. The highest BCUT2D eigenvalue weighted by molar-refractivity contribution is 5.82. The largest absolute Gasteiger partial charge is 0.387 e. The summed E-state index contributed by atoms with van der Waals surface area (Å²) in [5, 5.41) is 9.23. The second kappa shape index (κ2) is 9.65. The first-order chi connectivity index (χ1) is 14.0. The van der Waals surface area contributed by atoms with E-state index in [0.717, 1.165) is 17.5 Å². The summed E-state index contributed by atoms with van der Waals surface area (Å²) in [7, 11) is 0. The van der Waals surface area contributed by atoms with Crippen molar-refractivity contribution in [1.29, 1.82) is 0 Å². The Morgan fingerprint density at radius 1 is 1.14 bits per heavy atom. The van der Waals surface area contributed by atoms with E-state index in [4.69, 9.17) is 0 Å². The van der Waals surface area contributed by atoms with E-state index in [1.165, 1.54) is 6.07 Å². The number of halogens is 1. The van der Waals surface area contributed by atoms with Crippen LogP contribution in [0.15, 0.2) is 48.5 Å². The summed E-state index contributed by atoms with van der Waals surface area (Å²) >= 11 is 0. The zero-order chi connectivity index (χ0) is 20.8. The smallest absolute Gasteiger partial charge is 0.248 e. The highest BCUT2D eigenvalue weighted by Crippen LogP contribution is 2.24. The molecule has 1 heterocycles. The molecular formula is C23H27FN2O3. The Kier molecular flexibility index (Phi) is 6.99. The lowest BCUT2D eigenvalue weighted by atomic mass is 9.95. The zero-order valence-corrected chi connectivity index (χ0v) is 16.7. The van der Waals surface area contributed by atoms with Gasteiger partial charge in [0.2, 0.25) is 11.8 Å². The third-order valence-electron chi connectivity index (χ3n) is 5.34. The predicted octanol–water partition coefficient (Wildman–Crippen LogP) is 2.72. The van der Waals surface area contributed by atoms with E-state index in [0.29, 0.717) is 38.2 Å². The number of aliphatic hydroxyl groups is 1. The van der Waals surface area contributed by atoms with Gasteiger partial charge < -0.3 is 14.9 Å². The molecule has 0 radical (unpaired) electrons. The van der Waals surface area contributed by atoms with Crippen LogP contribution in [-0.4, -0.2) is 59.5 Å². The Morgan fingerprint density at radius 3 is 2.52 bits per heavy atom. The van der Waals surface area contributed by atoms with Crippen LogP contribution >= 0.6 is 0 Å². The summed E-state index contributed by atoms with van der Waals surface area (Å²) in [6.07, 6.45) is 1.34. The minimum atomic E-state index is -0.550. The van der Waals surface area contributed by atoms with Gasteiger partial charge in [0.05, 0.1) is 5.92 Å². The van der Waals surface area contributed by atoms with Gasteiger partial charge in [-0.1, -0.05) is 49.4 Å². The second-order valence-electron chi connectivity index (χ2n) is 7.40. The van der Waals surface area contributed by atoms with Gasteiger partial charge in [-0.3, -0.25) is 9.59 Å². The Hall–Kier alpha value is -2.73. The first-order valence-electron chi connectivity index (χ1n) is 10.0. The fraction of sp³-hybridized carbons (Fsp3) is 0.391. The molecule has 2 amide bonds. The molecule has 154 valence electrons. The minimum Gasteiger partial charge on any atom is -0.387 e. The SMILES string of the molecule is CCCN1CCN(C(=O)CO)C[C@@H](Cc2ccc(-c3ccccc3F)cc2)C1=O. The molecule has 0 unspecified atom stereocenters. The number of hydrogen-bond acceptors (Lipinski definition) is 3. The summed E-state index contributed by atoms with van der Waals surface area (Å²) in [5.74, 6) is -0.944. The number of aliphatic hydroxyl groups excluding tert-OH is 1. The molecule has 6 heteroatoms. The predicted molar refractivity (Wildman–Crippen MR) is 110 cm³/mol. The average Bonchev–Trinajstić information content (AvgIpc) is 2.89. The summed E-state index contributed by atoms with van der Waals surface area (Å²) < 4.78 is 14.0. The van der Waals surface area contributed by atoms with Crippen molar-refractivity contribution in [3.63, 3.8) is 0 Å². The van der Waals surface area contributed by atoms with Crippen LogP contribution < -0.4 is 0 Å². The number of hydrogen-bond donors (Lipinski definition) is 1. The molecule has 29 heavy (non-hydrogen) atoms. The van der Waals surface area contributed by atoms with Gasteiger partial charge in [0.1, 0.15) is 12.4 Å². The number of rotatable bonds is 6. The topological polar surface area (TPSA) is 60.9 Å². The zero-order valence-electron chi connectivity index (χ0n) is 16.7. The monoisotopic (exact) mass is 398 g/mol. The Balaban J connectivity index is 1.79. The number of amides is 2. The Labute approximate surface area is 170 Å². The molecule has 0 aromatic heterocycles. The molecule has 2 aromatic rings. The fourth-order valence-corrected chi connectivity index (χ4v) is 3.82. The van der Waals surface area contributed by atoms with Crippen molar-refractivity contribution in [2.45, 2.75) is 19.8 Å². The maximum atomic E-state index is 14.0. The Morgan fingerprint density at radius 2 is 1.86 bits per heavy atom. The van der Waals surface area contributed by atoms with Gasteiger partial charge in [0.25, 0.3) is 0 Å². The molecule has 0 saturated carbocycles. The minimum absolute atomic E-state index is 0.0401. The molecule has 3 rings (SSSR count). The standard InChI is InChI=1S/C23H27FN2O3/c1-2-11-25-12-13-26(22(28)16-27)15-19(23(25)29)14-17-7-9-18(10-8-17)20-5-3-4-6-21(20)24/h3-10,19,27H,2,11-16H2,1H3/t19-/m1/s1. The maximum Gasteiger partial charge on any atom is 0.248 e. The third-order valence-corrected chi connectivity index (χ3v) is 5.34. The van der Waals surface area contributed by atoms with Crippen LogP contribution in [0.2, 0.25) is 0 Å². The van der Waals surface area contributed by atoms with Crippen molar-refractivity contribution in [1.82, 2.24) is 9.80 Å². The van der Waals surface area contributed by atoms with E-state index in [1.54, 1.807) is 23.1 Å². The fourth-order valence-electron chi connectivity index (χ4n) is 3.82. The van der Waals surface area contributed by atoms with Crippen LogP contribution in [0.5, 0.6) is 0 Å². The molecule has 0 bridgehead atoms. The van der Waals surface area contributed by atoms with Gasteiger partial charge in [-0.2, -0.15) is 0 Å². The molecule has 1 N–H and O–H groups in total. The normalized spacial score (nSPS) is 17.3. The highest BCUT2D eigenvalue weighted by Gasteiger charge is 2.31. The number of carbonyl (C=O) groups is 2. The van der Waals surface area contributed by atoms with Gasteiger partial charge in [-0.05, 0) is 30.0 Å². The molecule has 5 nitrogen and oxygen atoms in total. The summed E-state index contributed by atoms with van der Waals surface area (Å²) in [6, 6.07) is 14.1. The summed E-state index contributed by atoms with van der Waals surface area (Å²) in [5.41, 5.74) is 2.28. The highest BCUT2D eigenvalue weighted by atomic mass is 19.1. The Bertz CT molecular complexity index is 853. The molecule has 1 saturated heterocycles. The van der Waals surface area contributed by atoms with Crippen molar-refractivity contribution < 1.29 is 19.1 Å². The molecule has 1 atom stereocenters. The van der Waals surface area contributed by atoms with Gasteiger partial charge in [-0.25, -0.2) is 4.39 Å². The van der Waals surface area contributed by atoms with Crippen LogP contribution in [-0.2, 0) is 16.0 Å². The van der Waals surface area contributed by atoms with E-state index >= 15 is 0 Å². The van der Waals surface area contributed by atoms with Crippen LogP contribution in [0.1, 0.15) is 18.9 Å². The summed E-state index contributed by atoms with van der Waals surface area (Å²) in [6.45, 7) is 3.35. The van der Waals surface area contributed by atoms with E-state index < -0.39 is 6.61 Å². The van der Waals surface area contributed by atoms with Gasteiger partial charge >= 0.3 is 0 Å². The third kappa shape index (κ3) is 5.01. The molecule has 2 aromatic carbocycles. The summed E-state index contributed by atoms with van der Waals surface area (Å²) in [4.78, 5) is 28.4. The molecule has 0 spiro atoms. The molecule has 0 aliphatic carbocycles. The molecule has 1 fully saturated rings. The van der Waals surface area contributed by atoms with Crippen molar-refractivity contribution in [3.8, 4) is 11.1 Å². The number of benzene rings is 2. The van der Waals surface area contributed by atoms with Gasteiger partial charge in [0, 0.05) is 31.7 Å². The second-order valence-corrected chi connectivity index (χ2v) is 7.40. The van der Waals surface area contributed by atoms with E-state index in [2.05, 4.69) is 0 Å². The molecule has 1 aliphatic heterocycles. The lowest BCUT2D eigenvalue weighted by Gasteiger charge is -2.23. The number of carbonyl (C=O) groups excluding carboxylic acids is 2. The van der Waals surface area contributed by atoms with Crippen molar-refractivity contribution in [2.24, 2.45) is 5.92 Å². The quantitative estimate of drug-likeness (QED) is 0.814. The van der Waals surface area contributed by atoms with Crippen LogP contribution in [0, 0.1) is 11.7 Å².